The van der Waals surface area contributed by atoms with Crippen molar-refractivity contribution in [1.82, 2.24) is 9.97 Å². The van der Waals surface area contributed by atoms with E-state index < -0.39 is 6.43 Å². The molecule has 2 aromatic heterocycles. The average Bonchev–Trinajstić information content (AvgIpc) is 3.07. The Hall–Kier alpha value is -2.04. The molecule has 1 aliphatic rings. The summed E-state index contributed by atoms with van der Waals surface area (Å²) in [5.41, 5.74) is 2.57. The van der Waals surface area contributed by atoms with Gasteiger partial charge in [0.05, 0.1) is 0 Å². The summed E-state index contributed by atoms with van der Waals surface area (Å²) in [7, 11) is 0. The van der Waals surface area contributed by atoms with Crippen LogP contribution in [0.15, 0.2) is 30.6 Å². The molecular weight excluding hydrogens is 308 g/mol. The van der Waals surface area contributed by atoms with Gasteiger partial charge in [0, 0.05) is 34.8 Å². The van der Waals surface area contributed by atoms with Gasteiger partial charge < -0.3 is 5.32 Å². The quantitative estimate of drug-likeness (QED) is 0.765. The number of hydrogen-bond donors (Lipinski definition) is 1. The van der Waals surface area contributed by atoms with Crippen LogP contribution in [0.25, 0.3) is 0 Å². The molecule has 0 amide bonds. The zero-order valence-electron chi connectivity index (χ0n) is 14.1. The molecule has 0 saturated heterocycles. The lowest BCUT2D eigenvalue weighted by molar-refractivity contribution is 0.151. The van der Waals surface area contributed by atoms with Gasteiger partial charge in [-0.3, -0.25) is 4.98 Å². The van der Waals surface area contributed by atoms with Crippen molar-refractivity contribution in [1.29, 1.82) is 0 Å². The van der Waals surface area contributed by atoms with E-state index in [1.54, 1.807) is 18.5 Å². The highest BCUT2D eigenvalue weighted by Gasteiger charge is 2.36. The Labute approximate surface area is 141 Å². The number of alkyl halides is 2. The van der Waals surface area contributed by atoms with Crippen LogP contribution in [0.3, 0.4) is 0 Å². The molecule has 2 aromatic rings. The molecular formula is C19H23F2N3. The molecule has 0 unspecified atom stereocenters. The second-order valence-corrected chi connectivity index (χ2v) is 6.63. The molecule has 1 fully saturated rings. The van der Waals surface area contributed by atoms with Gasteiger partial charge in [-0.15, -0.1) is 0 Å². The maximum Gasteiger partial charge on any atom is 0.264 e. The van der Waals surface area contributed by atoms with Crippen molar-refractivity contribution in [2.75, 3.05) is 5.32 Å². The van der Waals surface area contributed by atoms with Crippen LogP contribution in [0.1, 0.15) is 62.3 Å². The van der Waals surface area contributed by atoms with Gasteiger partial charge in [0.25, 0.3) is 6.43 Å². The second kappa shape index (κ2) is 6.83. The summed E-state index contributed by atoms with van der Waals surface area (Å²) in [6.45, 7) is 4.06. The molecule has 0 radical (unpaired) electrons. The van der Waals surface area contributed by atoms with Crippen LogP contribution >= 0.6 is 0 Å². The SMILES string of the molecule is CCC1(c2cc(C(F)F)cc(Nc3ccncc3C)n2)CCCC1. The summed E-state index contributed by atoms with van der Waals surface area (Å²) in [4.78, 5) is 8.77. The highest BCUT2D eigenvalue weighted by atomic mass is 19.3. The molecule has 1 saturated carbocycles. The van der Waals surface area contributed by atoms with Crippen molar-refractivity contribution in [3.63, 3.8) is 0 Å². The number of anilines is 2. The van der Waals surface area contributed by atoms with Gasteiger partial charge in [-0.2, -0.15) is 0 Å². The van der Waals surface area contributed by atoms with E-state index in [0.29, 0.717) is 5.82 Å². The number of hydrogen-bond acceptors (Lipinski definition) is 3. The third-order valence-corrected chi connectivity index (χ3v) is 5.16. The first-order valence-corrected chi connectivity index (χ1v) is 8.52. The predicted octanol–water partition coefficient (Wildman–Crippen LogP) is 5.69. The summed E-state index contributed by atoms with van der Waals surface area (Å²) in [5.74, 6) is 0.483. The zero-order chi connectivity index (χ0) is 17.2. The van der Waals surface area contributed by atoms with Crippen molar-refractivity contribution in [3.8, 4) is 0 Å². The molecule has 0 aliphatic heterocycles. The van der Waals surface area contributed by atoms with Gasteiger partial charge in [0.2, 0.25) is 0 Å². The Balaban J connectivity index is 2.02. The fourth-order valence-corrected chi connectivity index (χ4v) is 3.61. The van der Waals surface area contributed by atoms with E-state index in [-0.39, 0.29) is 11.0 Å². The van der Waals surface area contributed by atoms with Crippen LogP contribution in [0.2, 0.25) is 0 Å². The lowest BCUT2D eigenvalue weighted by Gasteiger charge is -2.28. The molecule has 1 aliphatic carbocycles. The molecule has 128 valence electrons. The number of rotatable bonds is 5. The Bertz CT molecular complexity index is 710. The van der Waals surface area contributed by atoms with Gasteiger partial charge in [0.1, 0.15) is 5.82 Å². The average molecular weight is 331 g/mol. The van der Waals surface area contributed by atoms with Gasteiger partial charge in [0.15, 0.2) is 0 Å². The summed E-state index contributed by atoms with van der Waals surface area (Å²) < 4.78 is 26.8. The standard InChI is InChI=1S/C19H23F2N3/c1-3-19(7-4-5-8-19)16-10-14(18(20)21)11-17(24-16)23-15-6-9-22-12-13(15)2/h6,9-12,18H,3-5,7-8H2,1-2H3,(H,22,23,24). The van der Waals surface area contributed by atoms with Crippen LogP contribution in [-0.4, -0.2) is 9.97 Å². The van der Waals surface area contributed by atoms with Gasteiger partial charge in [-0.25, -0.2) is 13.8 Å². The lowest BCUT2D eigenvalue weighted by Crippen LogP contribution is -2.23. The van der Waals surface area contributed by atoms with E-state index in [2.05, 4.69) is 17.2 Å². The minimum absolute atomic E-state index is 0.0361. The van der Waals surface area contributed by atoms with Crippen LogP contribution in [0.5, 0.6) is 0 Å². The highest BCUT2D eigenvalue weighted by molar-refractivity contribution is 5.60. The summed E-state index contributed by atoms with van der Waals surface area (Å²) in [6, 6.07) is 4.88. The number of nitrogens with zero attached hydrogens (tertiary/aromatic N) is 2. The molecule has 0 aromatic carbocycles. The van der Waals surface area contributed by atoms with E-state index in [9.17, 15) is 8.78 Å². The van der Waals surface area contributed by atoms with Crippen LogP contribution in [0, 0.1) is 6.92 Å². The summed E-state index contributed by atoms with van der Waals surface area (Å²) in [5, 5.41) is 3.19. The third-order valence-electron chi connectivity index (χ3n) is 5.16. The summed E-state index contributed by atoms with van der Waals surface area (Å²) in [6.07, 6.45) is 6.18. The molecule has 0 bridgehead atoms. The maximum atomic E-state index is 13.4. The van der Waals surface area contributed by atoms with Gasteiger partial charge >= 0.3 is 0 Å². The molecule has 0 atom stereocenters. The first-order chi connectivity index (χ1) is 11.5. The van der Waals surface area contributed by atoms with Crippen LogP contribution < -0.4 is 5.32 Å². The fourth-order valence-electron chi connectivity index (χ4n) is 3.61. The fraction of sp³-hybridized carbons (Fsp3) is 0.474. The maximum absolute atomic E-state index is 13.4. The van der Waals surface area contributed by atoms with Crippen molar-refractivity contribution in [2.24, 2.45) is 0 Å². The Morgan fingerprint density at radius 1 is 1.25 bits per heavy atom. The number of nitrogens with one attached hydrogen (secondary N) is 1. The topological polar surface area (TPSA) is 37.8 Å². The summed E-state index contributed by atoms with van der Waals surface area (Å²) >= 11 is 0. The molecule has 1 N–H and O–H groups in total. The van der Waals surface area contributed by atoms with E-state index in [0.717, 1.165) is 49.0 Å². The monoisotopic (exact) mass is 331 g/mol. The Morgan fingerprint density at radius 3 is 2.62 bits per heavy atom. The van der Waals surface area contributed by atoms with Crippen molar-refractivity contribution in [2.45, 2.75) is 57.8 Å². The third kappa shape index (κ3) is 3.25. The zero-order valence-corrected chi connectivity index (χ0v) is 14.1. The molecule has 0 spiro atoms. The van der Waals surface area contributed by atoms with Gasteiger partial charge in [-0.1, -0.05) is 19.8 Å². The van der Waals surface area contributed by atoms with E-state index in [1.807, 2.05) is 13.0 Å². The first kappa shape index (κ1) is 16.8. The lowest BCUT2D eigenvalue weighted by atomic mass is 9.79. The van der Waals surface area contributed by atoms with E-state index in [4.69, 9.17) is 4.98 Å². The smallest absolute Gasteiger partial charge is 0.264 e. The minimum atomic E-state index is -2.50. The normalized spacial score (nSPS) is 16.5. The second-order valence-electron chi connectivity index (χ2n) is 6.63. The Kier molecular flexibility index (Phi) is 4.78. The molecule has 3 rings (SSSR count). The number of pyridine rings is 2. The molecule has 5 heteroatoms. The van der Waals surface area contributed by atoms with Gasteiger partial charge in [-0.05, 0) is 49.9 Å². The van der Waals surface area contributed by atoms with Crippen LogP contribution in [0.4, 0.5) is 20.3 Å². The predicted molar refractivity (Wildman–Crippen MR) is 91.9 cm³/mol. The van der Waals surface area contributed by atoms with Crippen molar-refractivity contribution in [3.05, 3.63) is 47.4 Å². The van der Waals surface area contributed by atoms with E-state index in [1.165, 1.54) is 6.07 Å². The number of aryl methyl sites for hydroxylation is 1. The van der Waals surface area contributed by atoms with E-state index >= 15 is 0 Å². The van der Waals surface area contributed by atoms with Crippen molar-refractivity contribution >= 4 is 11.5 Å². The number of halogens is 2. The molecule has 24 heavy (non-hydrogen) atoms. The van der Waals surface area contributed by atoms with Crippen molar-refractivity contribution < 1.29 is 8.78 Å². The van der Waals surface area contributed by atoms with Crippen LogP contribution in [-0.2, 0) is 5.41 Å². The Morgan fingerprint density at radius 2 is 2.00 bits per heavy atom. The number of aromatic nitrogens is 2. The first-order valence-electron chi connectivity index (χ1n) is 8.52. The highest BCUT2D eigenvalue weighted by Crippen LogP contribution is 2.44. The molecule has 2 heterocycles. The molecule has 3 nitrogen and oxygen atoms in total. The largest absolute Gasteiger partial charge is 0.340 e. The minimum Gasteiger partial charge on any atom is -0.340 e.